The van der Waals surface area contributed by atoms with Crippen molar-refractivity contribution in [2.75, 3.05) is 5.75 Å². The smallest absolute Gasteiger partial charge is 0.296 e. The van der Waals surface area contributed by atoms with E-state index in [-0.39, 0.29) is 17.1 Å². The van der Waals surface area contributed by atoms with Crippen molar-refractivity contribution in [2.45, 2.75) is 24.2 Å². The van der Waals surface area contributed by atoms with Gasteiger partial charge >= 0.3 is 0 Å². The quantitative estimate of drug-likeness (QED) is 0.515. The lowest BCUT2D eigenvalue weighted by Crippen LogP contribution is -2.05. The van der Waals surface area contributed by atoms with Gasteiger partial charge in [-0.3, -0.25) is 9.11 Å². The zero-order valence-electron chi connectivity index (χ0n) is 8.83. The summed E-state index contributed by atoms with van der Waals surface area (Å²) < 4.78 is 60.0. The third kappa shape index (κ3) is 4.86. The molecule has 0 spiro atoms. The molecule has 0 bridgehead atoms. The van der Waals surface area contributed by atoms with Crippen LogP contribution in [0.4, 0.5) is 0 Å². The monoisotopic (exact) mass is 283 g/mol. The second-order valence-corrected chi connectivity index (χ2v) is 6.53. The highest BCUT2D eigenvalue weighted by molar-refractivity contribution is 7.86. The van der Waals surface area contributed by atoms with Crippen molar-refractivity contribution >= 4 is 20.2 Å². The van der Waals surface area contributed by atoms with Gasteiger partial charge in [0.1, 0.15) is 4.90 Å². The van der Waals surface area contributed by atoms with E-state index < -0.39 is 20.2 Å². The number of nitrogens with one attached hydrogen (secondary N) is 1. The van der Waals surface area contributed by atoms with Crippen LogP contribution in [-0.4, -0.2) is 36.7 Å². The van der Waals surface area contributed by atoms with Crippen LogP contribution in [0, 0.1) is 0 Å². The van der Waals surface area contributed by atoms with E-state index in [0.717, 1.165) is 6.20 Å². The summed E-state index contributed by atoms with van der Waals surface area (Å²) in [4.78, 5) is 2.35. The maximum Gasteiger partial charge on any atom is 0.296 e. The molecule has 1 rings (SSSR count). The molecule has 0 unspecified atom stereocenters. The molecule has 1 aromatic heterocycles. The minimum absolute atomic E-state index is 0.204. The molecular formula is C8H13NO6S2. The number of unbranched alkanes of at least 4 members (excludes halogenated alkanes) is 1. The Hall–Kier alpha value is -0.900. The molecular weight excluding hydrogens is 270 g/mol. The van der Waals surface area contributed by atoms with Gasteiger partial charge in [0.2, 0.25) is 0 Å². The first-order valence-corrected chi connectivity index (χ1v) is 7.83. The van der Waals surface area contributed by atoms with Crippen LogP contribution in [0.5, 0.6) is 0 Å². The van der Waals surface area contributed by atoms with Crippen molar-refractivity contribution in [2.24, 2.45) is 0 Å². The Balaban J connectivity index is 2.57. The minimum atomic E-state index is -4.25. The van der Waals surface area contributed by atoms with Crippen molar-refractivity contribution in [3.05, 3.63) is 18.0 Å². The van der Waals surface area contributed by atoms with Crippen LogP contribution >= 0.6 is 0 Å². The van der Waals surface area contributed by atoms with Gasteiger partial charge < -0.3 is 4.98 Å². The predicted molar refractivity (Wildman–Crippen MR) is 60.0 cm³/mol. The Bertz CT molecular complexity index is 571. The van der Waals surface area contributed by atoms with E-state index in [0.29, 0.717) is 18.4 Å². The number of hydrogen-bond acceptors (Lipinski definition) is 4. The van der Waals surface area contributed by atoms with Crippen LogP contribution in [0.1, 0.15) is 18.4 Å². The van der Waals surface area contributed by atoms with Crippen molar-refractivity contribution in [1.82, 2.24) is 4.98 Å². The van der Waals surface area contributed by atoms with Gasteiger partial charge in [0.15, 0.2) is 0 Å². The molecule has 0 saturated heterocycles. The summed E-state index contributed by atoms with van der Waals surface area (Å²) in [6, 6.07) is 0. The Kier molecular flexibility index (Phi) is 4.31. The highest BCUT2D eigenvalue weighted by atomic mass is 32.2. The first-order valence-electron chi connectivity index (χ1n) is 4.78. The van der Waals surface area contributed by atoms with E-state index in [9.17, 15) is 16.8 Å². The average Bonchev–Trinajstić information content (AvgIpc) is 2.58. The lowest BCUT2D eigenvalue weighted by molar-refractivity contribution is 0.477. The molecule has 98 valence electrons. The summed E-state index contributed by atoms with van der Waals surface area (Å²) in [6.07, 6.45) is 3.49. The molecule has 0 aliphatic rings. The van der Waals surface area contributed by atoms with Crippen LogP contribution in [0.25, 0.3) is 0 Å². The highest BCUT2D eigenvalue weighted by Crippen LogP contribution is 2.16. The van der Waals surface area contributed by atoms with Crippen LogP contribution in [0.3, 0.4) is 0 Å². The Morgan fingerprint density at radius 1 is 1.06 bits per heavy atom. The Morgan fingerprint density at radius 3 is 2.24 bits per heavy atom. The molecule has 0 atom stereocenters. The lowest BCUT2D eigenvalue weighted by Gasteiger charge is -2.00. The summed E-state index contributed by atoms with van der Waals surface area (Å²) in [5.41, 5.74) is 0.392. The zero-order valence-corrected chi connectivity index (χ0v) is 10.5. The second kappa shape index (κ2) is 5.17. The predicted octanol–water partition coefficient (Wildman–Crippen LogP) is 0.472. The molecule has 3 N–H and O–H groups in total. The van der Waals surface area contributed by atoms with Crippen molar-refractivity contribution < 1.29 is 25.9 Å². The van der Waals surface area contributed by atoms with E-state index in [4.69, 9.17) is 9.11 Å². The van der Waals surface area contributed by atoms with Gasteiger partial charge in [-0.2, -0.15) is 16.8 Å². The molecule has 0 saturated carbocycles. The number of aromatic nitrogens is 1. The molecule has 17 heavy (non-hydrogen) atoms. The SMILES string of the molecule is O=S(=O)(O)CCCCc1c[nH]cc1S(=O)(=O)O. The number of H-pyrrole nitrogens is 1. The molecule has 0 radical (unpaired) electrons. The minimum Gasteiger partial charge on any atom is -0.366 e. The Morgan fingerprint density at radius 2 is 1.71 bits per heavy atom. The molecule has 0 amide bonds. The summed E-state index contributed by atoms with van der Waals surface area (Å²) in [5, 5.41) is 0. The van der Waals surface area contributed by atoms with Crippen molar-refractivity contribution in [1.29, 1.82) is 0 Å². The van der Waals surface area contributed by atoms with Gasteiger partial charge in [-0.1, -0.05) is 0 Å². The van der Waals surface area contributed by atoms with E-state index in [1.807, 2.05) is 0 Å². The highest BCUT2D eigenvalue weighted by Gasteiger charge is 2.16. The van der Waals surface area contributed by atoms with Crippen molar-refractivity contribution in [3.63, 3.8) is 0 Å². The lowest BCUT2D eigenvalue weighted by atomic mass is 10.1. The van der Waals surface area contributed by atoms with Crippen LogP contribution in [-0.2, 0) is 26.7 Å². The summed E-state index contributed by atoms with van der Waals surface area (Å²) in [6.45, 7) is 0. The molecule has 1 heterocycles. The summed E-state index contributed by atoms with van der Waals surface area (Å²) in [5.74, 6) is -0.362. The van der Waals surface area contributed by atoms with Crippen LogP contribution < -0.4 is 0 Å². The Labute approximate surface area is 99.4 Å². The summed E-state index contributed by atoms with van der Waals surface area (Å²) >= 11 is 0. The van der Waals surface area contributed by atoms with Gasteiger partial charge in [-0.25, -0.2) is 0 Å². The van der Waals surface area contributed by atoms with E-state index in [1.165, 1.54) is 6.20 Å². The molecule has 1 aromatic rings. The number of aromatic amines is 1. The number of aryl methyl sites for hydroxylation is 1. The van der Waals surface area contributed by atoms with Gasteiger partial charge in [0.05, 0.1) is 5.75 Å². The fourth-order valence-corrected chi connectivity index (χ4v) is 2.70. The van der Waals surface area contributed by atoms with Gasteiger partial charge in [-0.05, 0) is 24.8 Å². The maximum atomic E-state index is 10.9. The fraction of sp³-hybridized carbons (Fsp3) is 0.500. The molecule has 9 heteroatoms. The van der Waals surface area contributed by atoms with Crippen LogP contribution in [0.2, 0.25) is 0 Å². The average molecular weight is 283 g/mol. The number of rotatable bonds is 6. The summed E-state index contributed by atoms with van der Waals surface area (Å²) in [7, 11) is -8.23. The zero-order chi connectivity index (χ0) is 13.1. The molecule has 7 nitrogen and oxygen atoms in total. The first-order chi connectivity index (χ1) is 7.70. The molecule has 0 aliphatic heterocycles. The maximum absolute atomic E-state index is 10.9. The van der Waals surface area contributed by atoms with Gasteiger partial charge in [0.25, 0.3) is 20.2 Å². The molecule has 0 fully saturated rings. The third-order valence-electron chi connectivity index (χ3n) is 2.16. The standard InChI is InChI=1S/C8H13NO6S2/c10-16(11,12)4-2-1-3-7-5-9-6-8(7)17(13,14)15/h5-6,9H,1-4H2,(H,10,11,12)(H,13,14,15). The van der Waals surface area contributed by atoms with Gasteiger partial charge in [-0.15, -0.1) is 0 Å². The van der Waals surface area contributed by atoms with Gasteiger partial charge in [0, 0.05) is 12.4 Å². The normalized spacial score (nSPS) is 12.8. The van der Waals surface area contributed by atoms with E-state index in [1.54, 1.807) is 0 Å². The second-order valence-electron chi connectivity index (χ2n) is 3.56. The van der Waals surface area contributed by atoms with E-state index in [2.05, 4.69) is 4.98 Å². The first kappa shape index (κ1) is 14.2. The third-order valence-corrected chi connectivity index (χ3v) is 3.91. The number of hydrogen-bond donors (Lipinski definition) is 3. The molecule has 0 aliphatic carbocycles. The van der Waals surface area contributed by atoms with Crippen molar-refractivity contribution in [3.8, 4) is 0 Å². The topological polar surface area (TPSA) is 125 Å². The fourth-order valence-electron chi connectivity index (χ4n) is 1.42. The largest absolute Gasteiger partial charge is 0.366 e. The van der Waals surface area contributed by atoms with Crippen LogP contribution in [0.15, 0.2) is 17.3 Å². The molecule has 0 aromatic carbocycles. The van der Waals surface area contributed by atoms with E-state index >= 15 is 0 Å².